The van der Waals surface area contributed by atoms with Gasteiger partial charge in [-0.05, 0) is 44.0 Å². The number of fused-ring (bicyclic) bond motifs is 1. The lowest BCUT2D eigenvalue weighted by molar-refractivity contribution is -0.121. The molecule has 2 aromatic rings. The van der Waals surface area contributed by atoms with Crippen LogP contribution in [0.5, 0.6) is 0 Å². The van der Waals surface area contributed by atoms with Crippen molar-refractivity contribution in [2.45, 2.75) is 39.3 Å². The highest BCUT2D eigenvalue weighted by Gasteiger charge is 2.15. The van der Waals surface area contributed by atoms with E-state index >= 15 is 0 Å². The molecule has 21 heavy (non-hydrogen) atoms. The predicted molar refractivity (Wildman–Crippen MR) is 88.3 cm³/mol. The van der Waals surface area contributed by atoms with Crippen LogP contribution in [0.3, 0.4) is 0 Å². The minimum Gasteiger partial charge on any atom is -0.350 e. The fourth-order valence-electron chi connectivity index (χ4n) is 2.45. The summed E-state index contributed by atoms with van der Waals surface area (Å²) in [5.41, 5.74) is 1.03. The van der Waals surface area contributed by atoms with Crippen LogP contribution in [0.2, 0.25) is 0 Å². The first-order valence-corrected chi connectivity index (χ1v) is 7.39. The van der Waals surface area contributed by atoms with Gasteiger partial charge in [-0.15, -0.1) is 0 Å². The molecule has 0 aromatic heterocycles. The standard InChI is InChI=1S/C18H24N2O/c1-13(19-12-17(21)20-18(2,3)4)15-11-7-9-14-8-5-6-10-16(14)15/h5-11,13,19H,12H2,1-4H3,(H,20,21). The molecule has 0 aliphatic carbocycles. The van der Waals surface area contributed by atoms with Crippen LogP contribution in [0.15, 0.2) is 42.5 Å². The van der Waals surface area contributed by atoms with Crippen molar-refractivity contribution >= 4 is 16.7 Å². The second-order valence-electron chi connectivity index (χ2n) is 6.47. The molecular formula is C18H24N2O. The van der Waals surface area contributed by atoms with Crippen molar-refractivity contribution in [1.82, 2.24) is 10.6 Å². The number of benzene rings is 2. The van der Waals surface area contributed by atoms with Gasteiger partial charge >= 0.3 is 0 Å². The molecule has 1 atom stereocenters. The fraction of sp³-hybridized carbons (Fsp3) is 0.389. The van der Waals surface area contributed by atoms with Gasteiger partial charge in [0.1, 0.15) is 0 Å². The minimum atomic E-state index is -0.193. The second-order valence-corrected chi connectivity index (χ2v) is 6.47. The molecule has 0 spiro atoms. The zero-order valence-corrected chi connectivity index (χ0v) is 13.2. The normalized spacial score (nSPS) is 13.1. The SMILES string of the molecule is CC(NCC(=O)NC(C)(C)C)c1cccc2ccccc12. The van der Waals surface area contributed by atoms with E-state index in [0.717, 1.165) is 0 Å². The third-order valence-corrected chi connectivity index (χ3v) is 3.37. The largest absolute Gasteiger partial charge is 0.350 e. The van der Waals surface area contributed by atoms with Crippen LogP contribution in [0.25, 0.3) is 10.8 Å². The predicted octanol–water partition coefficient (Wildman–Crippen LogP) is 3.41. The molecular weight excluding hydrogens is 260 g/mol. The molecule has 0 fully saturated rings. The maximum Gasteiger partial charge on any atom is 0.234 e. The Morgan fingerprint density at radius 2 is 1.76 bits per heavy atom. The number of carbonyl (C=O) groups excluding carboxylic acids is 1. The first kappa shape index (κ1) is 15.5. The van der Waals surface area contributed by atoms with E-state index in [4.69, 9.17) is 0 Å². The van der Waals surface area contributed by atoms with Gasteiger partial charge in [-0.1, -0.05) is 42.5 Å². The number of carbonyl (C=O) groups is 1. The smallest absolute Gasteiger partial charge is 0.234 e. The van der Waals surface area contributed by atoms with E-state index in [0.29, 0.717) is 6.54 Å². The summed E-state index contributed by atoms with van der Waals surface area (Å²) < 4.78 is 0. The summed E-state index contributed by atoms with van der Waals surface area (Å²) in [6, 6.07) is 14.7. The Bertz CT molecular complexity index is 623. The molecule has 1 unspecified atom stereocenters. The van der Waals surface area contributed by atoms with Gasteiger partial charge < -0.3 is 10.6 Å². The Hall–Kier alpha value is -1.87. The van der Waals surface area contributed by atoms with E-state index in [2.05, 4.69) is 47.9 Å². The molecule has 2 aromatic carbocycles. The Labute approximate surface area is 126 Å². The molecule has 112 valence electrons. The van der Waals surface area contributed by atoms with E-state index in [1.165, 1.54) is 16.3 Å². The summed E-state index contributed by atoms with van der Waals surface area (Å²) in [6.45, 7) is 8.37. The molecule has 0 bridgehead atoms. The molecule has 0 heterocycles. The maximum absolute atomic E-state index is 11.9. The first-order chi connectivity index (χ1) is 9.87. The van der Waals surface area contributed by atoms with E-state index < -0.39 is 0 Å². The average Bonchev–Trinajstić information content (AvgIpc) is 2.42. The van der Waals surface area contributed by atoms with Crippen LogP contribution in [0, 0.1) is 0 Å². The van der Waals surface area contributed by atoms with E-state index in [1.54, 1.807) is 0 Å². The molecule has 3 heteroatoms. The van der Waals surface area contributed by atoms with Crippen LogP contribution >= 0.6 is 0 Å². The van der Waals surface area contributed by atoms with Crippen molar-refractivity contribution in [2.24, 2.45) is 0 Å². The number of hydrogen-bond acceptors (Lipinski definition) is 2. The molecule has 1 amide bonds. The quantitative estimate of drug-likeness (QED) is 0.903. The van der Waals surface area contributed by atoms with Gasteiger partial charge in [0.05, 0.1) is 6.54 Å². The lowest BCUT2D eigenvalue weighted by Gasteiger charge is -2.22. The highest BCUT2D eigenvalue weighted by Crippen LogP contribution is 2.23. The van der Waals surface area contributed by atoms with Crippen molar-refractivity contribution in [3.8, 4) is 0 Å². The molecule has 0 saturated carbocycles. The van der Waals surface area contributed by atoms with E-state index in [1.807, 2.05) is 32.9 Å². The summed E-state index contributed by atoms with van der Waals surface area (Å²) >= 11 is 0. The average molecular weight is 284 g/mol. The number of rotatable bonds is 4. The highest BCUT2D eigenvalue weighted by atomic mass is 16.2. The van der Waals surface area contributed by atoms with Crippen molar-refractivity contribution in [2.75, 3.05) is 6.54 Å². The Morgan fingerprint density at radius 1 is 1.10 bits per heavy atom. The summed E-state index contributed by atoms with van der Waals surface area (Å²) in [5, 5.41) is 8.72. The van der Waals surface area contributed by atoms with Gasteiger partial charge in [-0.2, -0.15) is 0 Å². The second kappa shape index (κ2) is 6.27. The topological polar surface area (TPSA) is 41.1 Å². The van der Waals surface area contributed by atoms with Crippen molar-refractivity contribution < 1.29 is 4.79 Å². The zero-order valence-electron chi connectivity index (χ0n) is 13.2. The van der Waals surface area contributed by atoms with Crippen LogP contribution in [-0.4, -0.2) is 18.0 Å². The van der Waals surface area contributed by atoms with Crippen LogP contribution in [0.1, 0.15) is 39.3 Å². The van der Waals surface area contributed by atoms with Crippen molar-refractivity contribution in [3.05, 3.63) is 48.0 Å². The Kier molecular flexibility index (Phi) is 4.63. The molecule has 0 saturated heterocycles. The lowest BCUT2D eigenvalue weighted by atomic mass is 10.00. The van der Waals surface area contributed by atoms with E-state index in [-0.39, 0.29) is 17.5 Å². The number of hydrogen-bond donors (Lipinski definition) is 2. The van der Waals surface area contributed by atoms with Gasteiger partial charge in [0.25, 0.3) is 0 Å². The third-order valence-electron chi connectivity index (χ3n) is 3.37. The summed E-state index contributed by atoms with van der Waals surface area (Å²) in [6.07, 6.45) is 0. The van der Waals surface area contributed by atoms with Gasteiger partial charge in [0.2, 0.25) is 5.91 Å². The summed E-state index contributed by atoms with van der Waals surface area (Å²) in [4.78, 5) is 11.9. The van der Waals surface area contributed by atoms with Gasteiger partial charge in [0.15, 0.2) is 0 Å². The maximum atomic E-state index is 11.9. The third kappa shape index (κ3) is 4.30. The monoisotopic (exact) mass is 284 g/mol. The molecule has 0 radical (unpaired) electrons. The van der Waals surface area contributed by atoms with Crippen molar-refractivity contribution in [1.29, 1.82) is 0 Å². The lowest BCUT2D eigenvalue weighted by Crippen LogP contribution is -2.45. The van der Waals surface area contributed by atoms with Gasteiger partial charge in [0, 0.05) is 11.6 Å². The van der Waals surface area contributed by atoms with Gasteiger partial charge in [-0.3, -0.25) is 4.79 Å². The molecule has 0 aliphatic rings. The van der Waals surface area contributed by atoms with Gasteiger partial charge in [-0.25, -0.2) is 0 Å². The zero-order chi connectivity index (χ0) is 15.5. The Morgan fingerprint density at radius 3 is 2.48 bits per heavy atom. The Balaban J connectivity index is 2.06. The number of nitrogens with one attached hydrogen (secondary N) is 2. The summed E-state index contributed by atoms with van der Waals surface area (Å²) in [5.74, 6) is 0.0228. The van der Waals surface area contributed by atoms with Crippen LogP contribution in [0.4, 0.5) is 0 Å². The molecule has 3 nitrogen and oxygen atoms in total. The molecule has 0 aliphatic heterocycles. The van der Waals surface area contributed by atoms with Crippen molar-refractivity contribution in [3.63, 3.8) is 0 Å². The minimum absolute atomic E-state index is 0.0228. The number of amides is 1. The summed E-state index contributed by atoms with van der Waals surface area (Å²) in [7, 11) is 0. The first-order valence-electron chi connectivity index (χ1n) is 7.39. The van der Waals surface area contributed by atoms with E-state index in [9.17, 15) is 4.79 Å². The fourth-order valence-corrected chi connectivity index (χ4v) is 2.45. The van der Waals surface area contributed by atoms with Crippen LogP contribution < -0.4 is 10.6 Å². The highest BCUT2D eigenvalue weighted by molar-refractivity contribution is 5.86. The van der Waals surface area contributed by atoms with Crippen LogP contribution in [-0.2, 0) is 4.79 Å². The molecule has 2 rings (SSSR count). The molecule has 2 N–H and O–H groups in total.